The Balaban J connectivity index is 2.05. The van der Waals surface area contributed by atoms with E-state index >= 15 is 0 Å². The highest BCUT2D eigenvalue weighted by atomic mass is 16.5. The molecule has 2 aromatic rings. The quantitative estimate of drug-likeness (QED) is 0.854. The molecule has 0 saturated carbocycles. The van der Waals surface area contributed by atoms with E-state index in [1.54, 1.807) is 37.9 Å². The van der Waals surface area contributed by atoms with Gasteiger partial charge in [-0.3, -0.25) is 0 Å². The van der Waals surface area contributed by atoms with Crippen molar-refractivity contribution in [1.82, 2.24) is 9.78 Å². The molecule has 0 amide bonds. The van der Waals surface area contributed by atoms with E-state index in [1.165, 1.54) is 0 Å². The van der Waals surface area contributed by atoms with Gasteiger partial charge >= 0.3 is 5.97 Å². The Labute approximate surface area is 109 Å². The molecule has 2 N–H and O–H groups in total. The average Bonchev–Trinajstić information content (AvgIpc) is 2.89. The third-order valence-corrected chi connectivity index (χ3v) is 2.65. The Morgan fingerprint density at radius 1 is 1.58 bits per heavy atom. The second kappa shape index (κ2) is 5.05. The molecule has 0 fully saturated rings. The topological polar surface area (TPSA) is 89.5 Å². The maximum Gasteiger partial charge on any atom is 0.372 e. The molecule has 19 heavy (non-hydrogen) atoms. The van der Waals surface area contributed by atoms with Gasteiger partial charge in [0, 0.05) is 18.7 Å². The summed E-state index contributed by atoms with van der Waals surface area (Å²) in [4.78, 5) is 10.8. The van der Waals surface area contributed by atoms with Crippen LogP contribution in [0.15, 0.2) is 16.5 Å². The molecular formula is C12H15N3O4. The number of hydrogen-bond donors (Lipinski definition) is 2. The molecule has 2 rings (SSSR count). The number of anilines is 1. The van der Waals surface area contributed by atoms with Crippen LogP contribution in [0.2, 0.25) is 0 Å². The van der Waals surface area contributed by atoms with Gasteiger partial charge in [0.05, 0.1) is 13.7 Å². The number of aryl methyl sites for hydroxylation is 2. The number of methoxy groups -OCH3 is 1. The van der Waals surface area contributed by atoms with Crippen LogP contribution < -0.4 is 10.1 Å². The zero-order valence-corrected chi connectivity index (χ0v) is 10.9. The van der Waals surface area contributed by atoms with Crippen LogP contribution in [-0.2, 0) is 13.6 Å². The fourth-order valence-corrected chi connectivity index (χ4v) is 1.75. The van der Waals surface area contributed by atoms with Gasteiger partial charge in [0.25, 0.3) is 0 Å². The summed E-state index contributed by atoms with van der Waals surface area (Å²) in [5.41, 5.74) is 0.600. The van der Waals surface area contributed by atoms with Crippen LogP contribution in [0.25, 0.3) is 0 Å². The number of rotatable bonds is 5. The monoisotopic (exact) mass is 265 g/mol. The molecule has 0 aliphatic rings. The van der Waals surface area contributed by atoms with Crippen LogP contribution >= 0.6 is 0 Å². The minimum atomic E-state index is -1.07. The van der Waals surface area contributed by atoms with Gasteiger partial charge in [-0.15, -0.1) is 0 Å². The summed E-state index contributed by atoms with van der Waals surface area (Å²) < 4.78 is 11.9. The zero-order chi connectivity index (χ0) is 14.0. The molecule has 0 saturated heterocycles. The van der Waals surface area contributed by atoms with Crippen molar-refractivity contribution in [2.45, 2.75) is 13.5 Å². The molecular weight excluding hydrogens is 250 g/mol. The number of carboxylic acid groups (broad SMARTS) is 1. The predicted octanol–water partition coefficient (Wildman–Crippen LogP) is 1.64. The Bertz CT molecular complexity index is 600. The molecule has 0 spiro atoms. The molecule has 7 heteroatoms. The summed E-state index contributed by atoms with van der Waals surface area (Å²) in [5, 5.41) is 16.1. The minimum absolute atomic E-state index is 0.0320. The van der Waals surface area contributed by atoms with E-state index in [4.69, 9.17) is 14.3 Å². The van der Waals surface area contributed by atoms with Gasteiger partial charge < -0.3 is 19.6 Å². The number of carboxylic acids is 1. The molecule has 2 aromatic heterocycles. The molecule has 0 aromatic carbocycles. The average molecular weight is 265 g/mol. The van der Waals surface area contributed by atoms with Gasteiger partial charge in [0.1, 0.15) is 5.76 Å². The van der Waals surface area contributed by atoms with Crippen molar-refractivity contribution in [3.63, 3.8) is 0 Å². The van der Waals surface area contributed by atoms with Crippen LogP contribution in [-0.4, -0.2) is 28.0 Å². The van der Waals surface area contributed by atoms with Gasteiger partial charge in [-0.2, -0.15) is 5.10 Å². The van der Waals surface area contributed by atoms with E-state index in [0.29, 0.717) is 29.6 Å². The molecule has 7 nitrogen and oxygen atoms in total. The van der Waals surface area contributed by atoms with Crippen molar-refractivity contribution >= 4 is 11.8 Å². The first-order valence-corrected chi connectivity index (χ1v) is 5.65. The summed E-state index contributed by atoms with van der Waals surface area (Å²) in [6, 6.07) is 3.44. The number of ether oxygens (including phenoxy) is 1. The fraction of sp³-hybridized carbons (Fsp3) is 0.333. The summed E-state index contributed by atoms with van der Waals surface area (Å²) in [5.74, 6) is 0.702. The maximum atomic E-state index is 10.8. The Kier molecular flexibility index (Phi) is 3.46. The van der Waals surface area contributed by atoms with E-state index in [0.717, 1.165) is 0 Å². The van der Waals surface area contributed by atoms with Gasteiger partial charge in [0.2, 0.25) is 11.6 Å². The normalized spacial score (nSPS) is 10.5. The highest BCUT2D eigenvalue weighted by Crippen LogP contribution is 2.18. The van der Waals surface area contributed by atoms with Crippen molar-refractivity contribution in [2.75, 3.05) is 12.4 Å². The zero-order valence-electron chi connectivity index (χ0n) is 10.9. The van der Waals surface area contributed by atoms with E-state index in [9.17, 15) is 4.79 Å². The van der Waals surface area contributed by atoms with Gasteiger partial charge in [-0.1, -0.05) is 0 Å². The molecule has 0 atom stereocenters. The SMILES string of the molecule is COc1cc(NCc2cc(C)c(C(=O)O)o2)nn1C. The summed E-state index contributed by atoms with van der Waals surface area (Å²) in [6.45, 7) is 2.05. The van der Waals surface area contributed by atoms with Crippen molar-refractivity contribution < 1.29 is 19.1 Å². The lowest BCUT2D eigenvalue weighted by Gasteiger charge is -1.98. The van der Waals surface area contributed by atoms with E-state index in [-0.39, 0.29) is 5.76 Å². The standard InChI is InChI=1S/C12H15N3O4/c1-7-4-8(19-11(7)12(16)17)6-13-9-5-10(18-3)15(2)14-9/h4-5H,6H2,1-3H3,(H,13,14)(H,16,17). The summed E-state index contributed by atoms with van der Waals surface area (Å²) >= 11 is 0. The predicted molar refractivity (Wildman–Crippen MR) is 67.5 cm³/mol. The maximum absolute atomic E-state index is 10.8. The van der Waals surface area contributed by atoms with Crippen LogP contribution in [0.4, 0.5) is 5.82 Å². The number of hydrogen-bond acceptors (Lipinski definition) is 5. The van der Waals surface area contributed by atoms with Crippen LogP contribution in [0.1, 0.15) is 21.9 Å². The third-order valence-electron chi connectivity index (χ3n) is 2.65. The first-order chi connectivity index (χ1) is 9.01. The second-order valence-electron chi connectivity index (χ2n) is 4.08. The third kappa shape index (κ3) is 2.70. The lowest BCUT2D eigenvalue weighted by molar-refractivity contribution is 0.0659. The molecule has 0 aliphatic carbocycles. The summed E-state index contributed by atoms with van der Waals surface area (Å²) in [6.07, 6.45) is 0. The number of nitrogens with one attached hydrogen (secondary N) is 1. The number of carbonyl (C=O) groups is 1. The van der Waals surface area contributed by atoms with Crippen molar-refractivity contribution in [1.29, 1.82) is 0 Å². The Morgan fingerprint density at radius 3 is 2.84 bits per heavy atom. The smallest absolute Gasteiger partial charge is 0.372 e. The van der Waals surface area contributed by atoms with Crippen LogP contribution in [0.5, 0.6) is 5.88 Å². The molecule has 2 heterocycles. The van der Waals surface area contributed by atoms with E-state index in [2.05, 4.69) is 10.4 Å². The lowest BCUT2D eigenvalue weighted by atomic mass is 10.2. The first-order valence-electron chi connectivity index (χ1n) is 5.65. The minimum Gasteiger partial charge on any atom is -0.481 e. The number of furan rings is 1. The molecule has 0 unspecified atom stereocenters. The van der Waals surface area contributed by atoms with Crippen LogP contribution in [0.3, 0.4) is 0 Å². The Hall–Kier alpha value is -2.44. The molecule has 0 bridgehead atoms. The number of aromatic nitrogens is 2. The van der Waals surface area contributed by atoms with E-state index in [1.807, 2.05) is 0 Å². The van der Waals surface area contributed by atoms with Crippen molar-refractivity contribution in [3.8, 4) is 5.88 Å². The Morgan fingerprint density at radius 2 is 2.32 bits per heavy atom. The molecule has 0 radical (unpaired) electrons. The first kappa shape index (κ1) is 13.0. The van der Waals surface area contributed by atoms with E-state index < -0.39 is 5.97 Å². The van der Waals surface area contributed by atoms with Crippen molar-refractivity contribution in [3.05, 3.63) is 29.2 Å². The van der Waals surface area contributed by atoms with Gasteiger partial charge in [0.15, 0.2) is 5.82 Å². The van der Waals surface area contributed by atoms with Gasteiger partial charge in [-0.05, 0) is 13.0 Å². The molecule has 102 valence electrons. The highest BCUT2D eigenvalue weighted by Gasteiger charge is 2.14. The number of nitrogens with zero attached hydrogens (tertiary/aromatic N) is 2. The highest BCUT2D eigenvalue weighted by molar-refractivity contribution is 5.86. The van der Waals surface area contributed by atoms with Gasteiger partial charge in [-0.25, -0.2) is 9.48 Å². The number of aromatic carboxylic acids is 1. The molecule has 0 aliphatic heterocycles. The van der Waals surface area contributed by atoms with Crippen molar-refractivity contribution in [2.24, 2.45) is 7.05 Å². The second-order valence-corrected chi connectivity index (χ2v) is 4.08. The van der Waals surface area contributed by atoms with Crippen LogP contribution in [0, 0.1) is 6.92 Å². The lowest BCUT2D eigenvalue weighted by Crippen LogP contribution is -2.00. The largest absolute Gasteiger partial charge is 0.481 e. The summed E-state index contributed by atoms with van der Waals surface area (Å²) in [7, 11) is 3.33. The fourth-order valence-electron chi connectivity index (χ4n) is 1.75.